The van der Waals surface area contributed by atoms with Crippen molar-refractivity contribution in [2.75, 3.05) is 13.1 Å². The molecule has 0 saturated carbocycles. The number of piperidine rings is 1. The fourth-order valence-electron chi connectivity index (χ4n) is 2.49. The molecule has 2 aromatic heterocycles. The van der Waals surface area contributed by atoms with Crippen molar-refractivity contribution in [1.29, 1.82) is 0 Å². The summed E-state index contributed by atoms with van der Waals surface area (Å²) < 4.78 is 6.11. The van der Waals surface area contributed by atoms with Crippen molar-refractivity contribution in [3.63, 3.8) is 0 Å². The zero-order valence-corrected chi connectivity index (χ0v) is 11.7. The van der Waals surface area contributed by atoms with E-state index in [-0.39, 0.29) is 6.10 Å². The van der Waals surface area contributed by atoms with Gasteiger partial charge in [0.25, 0.3) is 0 Å². The van der Waals surface area contributed by atoms with Crippen LogP contribution in [0.5, 0.6) is 5.88 Å². The summed E-state index contributed by atoms with van der Waals surface area (Å²) in [4.78, 5) is 8.66. The minimum absolute atomic E-state index is 0.257. The van der Waals surface area contributed by atoms with Crippen molar-refractivity contribution in [2.45, 2.75) is 25.9 Å². The van der Waals surface area contributed by atoms with Gasteiger partial charge >= 0.3 is 0 Å². The van der Waals surface area contributed by atoms with Crippen LogP contribution in [0.4, 0.5) is 0 Å². The van der Waals surface area contributed by atoms with Crippen molar-refractivity contribution in [3.8, 4) is 17.0 Å². The molecule has 3 rings (SSSR count). The molecule has 20 heavy (non-hydrogen) atoms. The summed E-state index contributed by atoms with van der Waals surface area (Å²) in [7, 11) is 0. The van der Waals surface area contributed by atoms with Gasteiger partial charge in [-0.25, -0.2) is 4.98 Å². The van der Waals surface area contributed by atoms with Crippen LogP contribution in [0.3, 0.4) is 0 Å². The lowest BCUT2D eigenvalue weighted by Crippen LogP contribution is -2.34. The third-order valence-corrected chi connectivity index (χ3v) is 3.54. The van der Waals surface area contributed by atoms with E-state index in [2.05, 4.69) is 27.4 Å². The Kier molecular flexibility index (Phi) is 3.92. The second-order valence-electron chi connectivity index (χ2n) is 5.11. The van der Waals surface area contributed by atoms with Gasteiger partial charge in [0.05, 0.1) is 0 Å². The Morgan fingerprint density at radius 2 is 2.00 bits per heavy atom. The number of aryl methyl sites for hydroxylation is 1. The lowest BCUT2D eigenvalue weighted by Gasteiger charge is -2.24. The molecule has 0 amide bonds. The normalized spacial score (nSPS) is 16.1. The molecule has 104 valence electrons. The quantitative estimate of drug-likeness (QED) is 0.930. The molecule has 0 radical (unpaired) electrons. The average molecular weight is 269 g/mol. The van der Waals surface area contributed by atoms with E-state index in [0.717, 1.165) is 48.6 Å². The maximum atomic E-state index is 6.11. The first-order valence-electron chi connectivity index (χ1n) is 7.08. The van der Waals surface area contributed by atoms with Crippen molar-refractivity contribution in [1.82, 2.24) is 15.3 Å². The van der Waals surface area contributed by atoms with E-state index in [1.807, 2.05) is 25.3 Å². The summed E-state index contributed by atoms with van der Waals surface area (Å²) in [5, 5.41) is 3.35. The maximum Gasteiger partial charge on any atom is 0.221 e. The maximum absolute atomic E-state index is 6.11. The van der Waals surface area contributed by atoms with E-state index in [0.29, 0.717) is 0 Å². The smallest absolute Gasteiger partial charge is 0.221 e. The molecule has 4 heteroatoms. The molecule has 1 fully saturated rings. The molecule has 4 nitrogen and oxygen atoms in total. The molecule has 0 atom stereocenters. The fraction of sp³-hybridized carbons (Fsp3) is 0.375. The first kappa shape index (κ1) is 13.1. The number of nitrogens with one attached hydrogen (secondary N) is 1. The molecule has 1 saturated heterocycles. The Hall–Kier alpha value is -1.94. The molecular formula is C16H19N3O. The summed E-state index contributed by atoms with van der Waals surface area (Å²) in [6.45, 7) is 4.02. The molecule has 1 aliphatic rings. The third kappa shape index (κ3) is 2.96. The fourth-order valence-corrected chi connectivity index (χ4v) is 2.49. The third-order valence-electron chi connectivity index (χ3n) is 3.54. The highest BCUT2D eigenvalue weighted by Gasteiger charge is 2.17. The minimum atomic E-state index is 0.257. The second kappa shape index (κ2) is 6.01. The highest BCUT2D eigenvalue weighted by Crippen LogP contribution is 2.29. The number of pyridine rings is 2. The molecule has 0 spiro atoms. The van der Waals surface area contributed by atoms with Gasteiger partial charge in [-0.15, -0.1) is 0 Å². The van der Waals surface area contributed by atoms with Gasteiger partial charge in [0, 0.05) is 23.7 Å². The van der Waals surface area contributed by atoms with Crippen LogP contribution < -0.4 is 10.1 Å². The van der Waals surface area contributed by atoms with E-state index >= 15 is 0 Å². The first-order chi connectivity index (χ1) is 9.83. The zero-order chi connectivity index (χ0) is 13.8. The predicted octanol–water partition coefficient (Wildman–Crippen LogP) is 2.58. The number of aromatic nitrogens is 2. The Balaban J connectivity index is 1.87. The van der Waals surface area contributed by atoms with Gasteiger partial charge in [-0.3, -0.25) is 4.98 Å². The van der Waals surface area contributed by atoms with Crippen LogP contribution >= 0.6 is 0 Å². The van der Waals surface area contributed by atoms with Gasteiger partial charge in [0.1, 0.15) is 6.10 Å². The molecule has 1 aliphatic heterocycles. The van der Waals surface area contributed by atoms with Crippen molar-refractivity contribution >= 4 is 0 Å². The largest absolute Gasteiger partial charge is 0.474 e. The highest BCUT2D eigenvalue weighted by atomic mass is 16.5. The lowest BCUT2D eigenvalue weighted by atomic mass is 10.1. The van der Waals surface area contributed by atoms with E-state index < -0.39 is 0 Å². The van der Waals surface area contributed by atoms with E-state index in [1.54, 1.807) is 6.20 Å². The highest BCUT2D eigenvalue weighted by molar-refractivity contribution is 5.68. The molecule has 2 aromatic rings. The van der Waals surface area contributed by atoms with E-state index in [1.165, 1.54) is 0 Å². The van der Waals surface area contributed by atoms with Crippen LogP contribution in [-0.4, -0.2) is 29.2 Å². The van der Waals surface area contributed by atoms with Crippen LogP contribution in [0, 0.1) is 6.92 Å². The Bertz CT molecular complexity index is 579. The van der Waals surface area contributed by atoms with Gasteiger partial charge < -0.3 is 10.1 Å². The molecule has 0 aliphatic carbocycles. The van der Waals surface area contributed by atoms with Crippen molar-refractivity contribution < 1.29 is 4.74 Å². The number of ether oxygens (including phenoxy) is 1. The predicted molar refractivity (Wildman–Crippen MR) is 78.7 cm³/mol. The molecule has 3 heterocycles. The summed E-state index contributed by atoms with van der Waals surface area (Å²) in [5.41, 5.74) is 3.14. The number of hydrogen-bond acceptors (Lipinski definition) is 4. The summed E-state index contributed by atoms with van der Waals surface area (Å²) in [5.74, 6) is 0.727. The van der Waals surface area contributed by atoms with Gasteiger partial charge in [0.15, 0.2) is 0 Å². The standard InChI is InChI=1S/C16H19N3O/c1-12-11-13(4-10-18-12)15-3-2-7-19-16(15)20-14-5-8-17-9-6-14/h2-4,7,10-11,14,17H,5-6,8-9H2,1H3. The van der Waals surface area contributed by atoms with Gasteiger partial charge in [0.2, 0.25) is 5.88 Å². The van der Waals surface area contributed by atoms with E-state index in [4.69, 9.17) is 4.74 Å². The Labute approximate surface area is 119 Å². The summed E-state index contributed by atoms with van der Waals surface area (Å²) in [6, 6.07) is 8.06. The zero-order valence-electron chi connectivity index (χ0n) is 11.7. The van der Waals surface area contributed by atoms with E-state index in [9.17, 15) is 0 Å². The SMILES string of the molecule is Cc1cc(-c2cccnc2OC2CCNCC2)ccn1. The molecule has 1 N–H and O–H groups in total. The second-order valence-corrected chi connectivity index (χ2v) is 5.11. The van der Waals surface area contributed by atoms with Gasteiger partial charge in [-0.2, -0.15) is 0 Å². The number of rotatable bonds is 3. The lowest BCUT2D eigenvalue weighted by molar-refractivity contribution is 0.157. The Morgan fingerprint density at radius 1 is 1.15 bits per heavy atom. The molecule has 0 aromatic carbocycles. The minimum Gasteiger partial charge on any atom is -0.474 e. The van der Waals surface area contributed by atoms with Gasteiger partial charge in [-0.05, 0) is 62.7 Å². The first-order valence-corrected chi connectivity index (χ1v) is 7.08. The van der Waals surface area contributed by atoms with Crippen molar-refractivity contribution in [2.24, 2.45) is 0 Å². The topological polar surface area (TPSA) is 47.0 Å². The van der Waals surface area contributed by atoms with Crippen LogP contribution in [0.25, 0.3) is 11.1 Å². The number of hydrogen-bond donors (Lipinski definition) is 1. The average Bonchev–Trinajstić information content (AvgIpc) is 2.49. The monoisotopic (exact) mass is 269 g/mol. The number of nitrogens with zero attached hydrogens (tertiary/aromatic N) is 2. The molecule has 0 unspecified atom stereocenters. The van der Waals surface area contributed by atoms with Crippen LogP contribution in [-0.2, 0) is 0 Å². The summed E-state index contributed by atoms with van der Waals surface area (Å²) >= 11 is 0. The van der Waals surface area contributed by atoms with Crippen LogP contribution in [0.1, 0.15) is 18.5 Å². The van der Waals surface area contributed by atoms with Crippen molar-refractivity contribution in [3.05, 3.63) is 42.4 Å². The Morgan fingerprint density at radius 3 is 2.80 bits per heavy atom. The van der Waals surface area contributed by atoms with Crippen LogP contribution in [0.15, 0.2) is 36.7 Å². The van der Waals surface area contributed by atoms with Gasteiger partial charge in [-0.1, -0.05) is 0 Å². The summed E-state index contributed by atoms with van der Waals surface area (Å²) in [6.07, 6.45) is 5.93. The molecule has 0 bridgehead atoms. The molecular weight excluding hydrogens is 250 g/mol. The van der Waals surface area contributed by atoms with Crippen LogP contribution in [0.2, 0.25) is 0 Å².